The van der Waals surface area contributed by atoms with Crippen LogP contribution < -0.4 is 10.1 Å². The topological polar surface area (TPSA) is 64.6 Å². The fourth-order valence-corrected chi connectivity index (χ4v) is 2.11. The lowest BCUT2D eigenvalue weighted by Crippen LogP contribution is -2.29. The molecule has 130 valence electrons. The zero-order chi connectivity index (χ0) is 18.2. The Morgan fingerprint density at radius 2 is 1.80 bits per heavy atom. The monoisotopic (exact) mass is 359 g/mol. The first-order valence-corrected chi connectivity index (χ1v) is 7.95. The van der Waals surface area contributed by atoms with Crippen molar-refractivity contribution in [1.82, 2.24) is 0 Å². The molecule has 0 spiro atoms. The summed E-state index contributed by atoms with van der Waals surface area (Å²) >= 11 is 5.80. The standard InChI is InChI=1S/C19H18ClNO4/c1-13(19(23)21-16-5-3-4-6-17(16)24-2)25-18(22)12-9-14-7-10-15(20)11-8-14/h3-13H,1-2H3,(H,21,23)/b12-9+/t13-/m0/s1. The highest BCUT2D eigenvalue weighted by Gasteiger charge is 2.17. The molecule has 0 aromatic heterocycles. The summed E-state index contributed by atoms with van der Waals surface area (Å²) in [6.07, 6.45) is 1.90. The van der Waals surface area contributed by atoms with Gasteiger partial charge in [-0.1, -0.05) is 35.9 Å². The maximum absolute atomic E-state index is 12.1. The van der Waals surface area contributed by atoms with Gasteiger partial charge in [0.25, 0.3) is 5.91 Å². The normalized spacial score (nSPS) is 11.8. The summed E-state index contributed by atoms with van der Waals surface area (Å²) in [7, 11) is 1.51. The van der Waals surface area contributed by atoms with Gasteiger partial charge in [0.05, 0.1) is 12.8 Å². The van der Waals surface area contributed by atoms with Crippen LogP contribution in [-0.4, -0.2) is 25.1 Å². The number of para-hydroxylation sites is 2. The average Bonchev–Trinajstić information content (AvgIpc) is 2.61. The minimum absolute atomic E-state index is 0.447. The van der Waals surface area contributed by atoms with E-state index in [0.29, 0.717) is 16.5 Å². The molecule has 25 heavy (non-hydrogen) atoms. The Hall–Kier alpha value is -2.79. The van der Waals surface area contributed by atoms with Crippen molar-refractivity contribution in [1.29, 1.82) is 0 Å². The number of esters is 1. The third-order valence-electron chi connectivity index (χ3n) is 3.31. The molecule has 1 atom stereocenters. The Labute approximate surface area is 151 Å². The number of amides is 1. The van der Waals surface area contributed by atoms with Gasteiger partial charge in [-0.2, -0.15) is 0 Å². The number of benzene rings is 2. The third-order valence-corrected chi connectivity index (χ3v) is 3.56. The lowest BCUT2D eigenvalue weighted by molar-refractivity contribution is -0.148. The molecule has 2 rings (SSSR count). The first-order chi connectivity index (χ1) is 12.0. The predicted molar refractivity (Wildman–Crippen MR) is 97.7 cm³/mol. The maximum atomic E-state index is 12.1. The van der Waals surface area contributed by atoms with Crippen molar-refractivity contribution in [3.05, 3.63) is 65.2 Å². The van der Waals surface area contributed by atoms with Crippen LogP contribution in [0.2, 0.25) is 5.02 Å². The molecule has 1 N–H and O–H groups in total. The Bertz CT molecular complexity index is 771. The Morgan fingerprint density at radius 3 is 2.48 bits per heavy atom. The minimum Gasteiger partial charge on any atom is -0.495 e. The second kappa shape index (κ2) is 8.89. The lowest BCUT2D eigenvalue weighted by atomic mass is 10.2. The fourth-order valence-electron chi connectivity index (χ4n) is 1.99. The van der Waals surface area contributed by atoms with Crippen LogP contribution in [0.4, 0.5) is 5.69 Å². The van der Waals surface area contributed by atoms with E-state index in [1.54, 1.807) is 54.6 Å². The van der Waals surface area contributed by atoms with Gasteiger partial charge in [0.1, 0.15) is 5.75 Å². The highest BCUT2D eigenvalue weighted by atomic mass is 35.5. The molecule has 2 aromatic carbocycles. The highest BCUT2D eigenvalue weighted by molar-refractivity contribution is 6.30. The summed E-state index contributed by atoms with van der Waals surface area (Å²) in [5, 5.41) is 3.28. The largest absolute Gasteiger partial charge is 0.495 e. The van der Waals surface area contributed by atoms with E-state index in [0.717, 1.165) is 5.56 Å². The molecular formula is C19H18ClNO4. The molecule has 0 unspecified atom stereocenters. The van der Waals surface area contributed by atoms with Crippen molar-refractivity contribution >= 4 is 35.2 Å². The SMILES string of the molecule is COc1ccccc1NC(=O)[C@H](C)OC(=O)/C=C/c1ccc(Cl)cc1. The van der Waals surface area contributed by atoms with Crippen LogP contribution in [-0.2, 0) is 14.3 Å². The maximum Gasteiger partial charge on any atom is 0.331 e. The molecule has 0 radical (unpaired) electrons. The fraction of sp³-hybridized carbons (Fsp3) is 0.158. The van der Waals surface area contributed by atoms with Crippen LogP contribution in [0, 0.1) is 0 Å². The van der Waals surface area contributed by atoms with Crippen LogP contribution in [0.15, 0.2) is 54.6 Å². The summed E-state index contributed by atoms with van der Waals surface area (Å²) in [5.41, 5.74) is 1.31. The van der Waals surface area contributed by atoms with E-state index < -0.39 is 18.0 Å². The zero-order valence-corrected chi connectivity index (χ0v) is 14.6. The second-order valence-electron chi connectivity index (χ2n) is 5.15. The molecule has 0 aliphatic rings. The number of ether oxygens (including phenoxy) is 2. The van der Waals surface area contributed by atoms with Crippen molar-refractivity contribution in [3.63, 3.8) is 0 Å². The van der Waals surface area contributed by atoms with Gasteiger partial charge in [0.15, 0.2) is 6.10 Å². The van der Waals surface area contributed by atoms with Gasteiger partial charge in [-0.25, -0.2) is 4.79 Å². The first kappa shape index (κ1) is 18.5. The number of anilines is 1. The van der Waals surface area contributed by atoms with Gasteiger partial charge < -0.3 is 14.8 Å². The minimum atomic E-state index is -0.952. The lowest BCUT2D eigenvalue weighted by Gasteiger charge is -2.14. The number of nitrogens with one attached hydrogen (secondary N) is 1. The zero-order valence-electron chi connectivity index (χ0n) is 13.9. The molecule has 2 aromatic rings. The van der Waals surface area contributed by atoms with Crippen LogP contribution >= 0.6 is 11.6 Å². The van der Waals surface area contributed by atoms with Gasteiger partial charge in [0, 0.05) is 11.1 Å². The average molecular weight is 360 g/mol. The second-order valence-corrected chi connectivity index (χ2v) is 5.59. The van der Waals surface area contributed by atoms with Gasteiger partial charge >= 0.3 is 5.97 Å². The molecule has 0 bridgehead atoms. The summed E-state index contributed by atoms with van der Waals surface area (Å²) in [6, 6.07) is 14.0. The molecule has 1 amide bonds. The molecule has 0 saturated carbocycles. The summed E-state index contributed by atoms with van der Waals surface area (Å²) in [6.45, 7) is 1.50. The van der Waals surface area contributed by atoms with E-state index in [-0.39, 0.29) is 0 Å². The third kappa shape index (κ3) is 5.65. The molecule has 0 aliphatic heterocycles. The van der Waals surface area contributed by atoms with Gasteiger partial charge in [-0.15, -0.1) is 0 Å². The predicted octanol–water partition coefficient (Wildman–Crippen LogP) is 3.93. The van der Waals surface area contributed by atoms with E-state index in [2.05, 4.69) is 5.32 Å². The first-order valence-electron chi connectivity index (χ1n) is 7.57. The van der Waals surface area contributed by atoms with E-state index in [1.807, 2.05) is 0 Å². The van der Waals surface area contributed by atoms with Crippen LogP contribution in [0.5, 0.6) is 5.75 Å². The van der Waals surface area contributed by atoms with Crippen molar-refractivity contribution in [2.75, 3.05) is 12.4 Å². The van der Waals surface area contributed by atoms with E-state index in [4.69, 9.17) is 21.1 Å². The summed E-state index contributed by atoms with van der Waals surface area (Å²) < 4.78 is 10.3. The van der Waals surface area contributed by atoms with Crippen molar-refractivity contribution in [3.8, 4) is 5.75 Å². The molecule has 0 saturated heterocycles. The number of methoxy groups -OCH3 is 1. The Morgan fingerprint density at radius 1 is 1.12 bits per heavy atom. The Kier molecular flexibility index (Phi) is 6.60. The van der Waals surface area contributed by atoms with Gasteiger partial charge in [0.2, 0.25) is 0 Å². The van der Waals surface area contributed by atoms with Crippen molar-refractivity contribution < 1.29 is 19.1 Å². The van der Waals surface area contributed by atoms with E-state index in [9.17, 15) is 9.59 Å². The molecule has 0 aliphatic carbocycles. The molecule has 5 nitrogen and oxygen atoms in total. The molecule has 6 heteroatoms. The number of halogens is 1. The molecule has 0 fully saturated rings. The summed E-state index contributed by atoms with van der Waals surface area (Å²) in [4.78, 5) is 24.0. The Balaban J connectivity index is 1.91. The highest BCUT2D eigenvalue weighted by Crippen LogP contribution is 2.23. The van der Waals surface area contributed by atoms with Crippen LogP contribution in [0.3, 0.4) is 0 Å². The quantitative estimate of drug-likeness (QED) is 0.627. The van der Waals surface area contributed by atoms with Crippen molar-refractivity contribution in [2.45, 2.75) is 13.0 Å². The summed E-state index contributed by atoms with van der Waals surface area (Å²) in [5.74, 6) is -0.535. The van der Waals surface area contributed by atoms with E-state index >= 15 is 0 Å². The van der Waals surface area contributed by atoms with Crippen molar-refractivity contribution in [2.24, 2.45) is 0 Å². The number of carbonyl (C=O) groups is 2. The van der Waals surface area contributed by atoms with Crippen LogP contribution in [0.1, 0.15) is 12.5 Å². The number of carbonyl (C=O) groups excluding carboxylic acids is 2. The number of hydrogen-bond donors (Lipinski definition) is 1. The number of rotatable bonds is 6. The van der Waals surface area contributed by atoms with Gasteiger partial charge in [-0.3, -0.25) is 4.79 Å². The molecule has 0 heterocycles. The smallest absolute Gasteiger partial charge is 0.331 e. The number of hydrogen-bond acceptors (Lipinski definition) is 4. The van der Waals surface area contributed by atoms with Crippen LogP contribution in [0.25, 0.3) is 6.08 Å². The van der Waals surface area contributed by atoms with Gasteiger partial charge in [-0.05, 0) is 42.8 Å². The van der Waals surface area contributed by atoms with E-state index in [1.165, 1.54) is 20.1 Å². The molecular weight excluding hydrogens is 342 g/mol.